The number of fused-ring (bicyclic) bond motifs is 2. The number of carbonyl (C=O) groups excluding carboxylic acids is 1. The maximum absolute atomic E-state index is 13.0. The van der Waals surface area contributed by atoms with Crippen molar-refractivity contribution in [2.45, 2.75) is 12.6 Å². The van der Waals surface area contributed by atoms with Crippen LogP contribution in [0.25, 0.3) is 22.2 Å². The Hall–Kier alpha value is -3.51. The topological polar surface area (TPSA) is 64.4 Å². The normalized spacial score (nSPS) is 13.4. The van der Waals surface area contributed by atoms with Crippen LogP contribution < -0.4 is 4.74 Å². The summed E-state index contributed by atoms with van der Waals surface area (Å²) < 4.78 is 20.2. The molecule has 0 saturated carbocycles. The molecule has 1 unspecified atom stereocenters. The maximum atomic E-state index is 13.0. The molecule has 0 amide bonds. The molecule has 4 aromatic rings. The molecule has 0 radical (unpaired) electrons. The molecule has 3 aromatic carbocycles. The minimum absolute atomic E-state index is 0.0153. The second-order valence-electron chi connectivity index (χ2n) is 7.02. The van der Waals surface area contributed by atoms with E-state index in [-0.39, 0.29) is 24.8 Å². The van der Waals surface area contributed by atoms with Crippen LogP contribution in [0, 0.1) is 5.82 Å². The summed E-state index contributed by atoms with van der Waals surface area (Å²) in [7, 11) is 0. The Morgan fingerprint density at radius 3 is 2.48 bits per heavy atom. The number of aliphatic hydroxyl groups is 1. The summed E-state index contributed by atoms with van der Waals surface area (Å²) in [5.74, 6) is 0.124. The van der Waals surface area contributed by atoms with Gasteiger partial charge in [0.1, 0.15) is 30.0 Å². The standard InChI is InChI=1S/C23H17FN2O3/c24-14-8-10-16(11-9-14)29-13-15(27)12-26-20-7-3-6-19-21(20)22(25-26)17-4-1-2-5-18(17)23(19)28/h1-11,15,27H,12-13H2. The fourth-order valence-corrected chi connectivity index (χ4v) is 3.75. The van der Waals surface area contributed by atoms with E-state index in [0.717, 1.165) is 22.2 Å². The largest absolute Gasteiger partial charge is 0.491 e. The van der Waals surface area contributed by atoms with Crippen LogP contribution >= 0.6 is 0 Å². The summed E-state index contributed by atoms with van der Waals surface area (Å²) in [6.45, 7) is 0.245. The lowest BCUT2D eigenvalue weighted by Gasteiger charge is -2.14. The van der Waals surface area contributed by atoms with E-state index in [1.165, 1.54) is 24.3 Å². The molecule has 1 aliphatic rings. The van der Waals surface area contributed by atoms with E-state index in [4.69, 9.17) is 9.84 Å². The van der Waals surface area contributed by atoms with Crippen LogP contribution in [0.5, 0.6) is 5.75 Å². The molecular formula is C23H17FN2O3. The lowest BCUT2D eigenvalue weighted by Crippen LogP contribution is -2.24. The summed E-state index contributed by atoms with van der Waals surface area (Å²) >= 11 is 0. The Labute approximate surface area is 166 Å². The van der Waals surface area contributed by atoms with Gasteiger partial charge in [-0.05, 0) is 30.3 Å². The van der Waals surface area contributed by atoms with Gasteiger partial charge in [-0.1, -0.05) is 36.4 Å². The predicted molar refractivity (Wildman–Crippen MR) is 107 cm³/mol. The van der Waals surface area contributed by atoms with E-state index in [1.807, 2.05) is 42.5 Å². The van der Waals surface area contributed by atoms with E-state index >= 15 is 0 Å². The van der Waals surface area contributed by atoms with Gasteiger partial charge < -0.3 is 9.84 Å². The quantitative estimate of drug-likeness (QED) is 0.497. The van der Waals surface area contributed by atoms with Gasteiger partial charge in [-0.2, -0.15) is 5.10 Å². The third-order valence-corrected chi connectivity index (χ3v) is 5.09. The average molecular weight is 388 g/mol. The van der Waals surface area contributed by atoms with E-state index in [9.17, 15) is 14.3 Å². The Kier molecular flexibility index (Phi) is 4.14. The van der Waals surface area contributed by atoms with Crippen molar-refractivity contribution in [1.29, 1.82) is 0 Å². The lowest BCUT2D eigenvalue weighted by molar-refractivity contribution is 0.0905. The highest BCUT2D eigenvalue weighted by molar-refractivity contribution is 6.25. The molecule has 0 aliphatic heterocycles. The SMILES string of the molecule is O=C1c2ccccc2-c2nn(CC(O)COc3ccc(F)cc3)c3cccc1c23. The minimum Gasteiger partial charge on any atom is -0.491 e. The van der Waals surface area contributed by atoms with E-state index in [2.05, 4.69) is 0 Å². The summed E-state index contributed by atoms with van der Waals surface area (Å²) in [5, 5.41) is 16.0. The number of benzene rings is 3. The smallest absolute Gasteiger partial charge is 0.194 e. The number of nitrogens with zero attached hydrogens (tertiary/aromatic N) is 2. The number of hydrogen-bond donors (Lipinski definition) is 1. The molecule has 29 heavy (non-hydrogen) atoms. The molecular weight excluding hydrogens is 371 g/mol. The highest BCUT2D eigenvalue weighted by Crippen LogP contribution is 2.38. The molecule has 0 spiro atoms. The number of carbonyl (C=O) groups is 1. The number of ketones is 1. The molecule has 1 heterocycles. The zero-order valence-electron chi connectivity index (χ0n) is 15.4. The van der Waals surface area contributed by atoms with Gasteiger partial charge in [0.15, 0.2) is 5.78 Å². The molecule has 1 atom stereocenters. The highest BCUT2D eigenvalue weighted by Gasteiger charge is 2.28. The second-order valence-corrected chi connectivity index (χ2v) is 7.02. The monoisotopic (exact) mass is 388 g/mol. The molecule has 0 saturated heterocycles. The van der Waals surface area contributed by atoms with Crippen LogP contribution in [0.15, 0.2) is 66.7 Å². The van der Waals surface area contributed by atoms with Gasteiger partial charge in [-0.15, -0.1) is 0 Å². The first-order valence-corrected chi connectivity index (χ1v) is 9.32. The third kappa shape index (κ3) is 2.98. The van der Waals surface area contributed by atoms with Crippen molar-refractivity contribution in [3.63, 3.8) is 0 Å². The highest BCUT2D eigenvalue weighted by atomic mass is 19.1. The van der Waals surface area contributed by atoms with Crippen molar-refractivity contribution in [1.82, 2.24) is 9.78 Å². The first-order chi connectivity index (χ1) is 14.1. The minimum atomic E-state index is -0.827. The molecule has 144 valence electrons. The Bertz CT molecular complexity index is 1230. The van der Waals surface area contributed by atoms with Crippen molar-refractivity contribution in [2.24, 2.45) is 0 Å². The number of aliphatic hydroxyl groups excluding tert-OH is 1. The number of aromatic nitrogens is 2. The predicted octanol–water partition coefficient (Wildman–Crippen LogP) is 3.83. The summed E-state index contributed by atoms with van der Waals surface area (Å²) in [5.41, 5.74) is 3.60. The maximum Gasteiger partial charge on any atom is 0.194 e. The fourth-order valence-electron chi connectivity index (χ4n) is 3.75. The summed E-state index contributed by atoms with van der Waals surface area (Å²) in [4.78, 5) is 12.9. The van der Waals surface area contributed by atoms with E-state index in [0.29, 0.717) is 16.9 Å². The lowest BCUT2D eigenvalue weighted by atomic mass is 9.87. The van der Waals surface area contributed by atoms with Crippen LogP contribution in [-0.4, -0.2) is 33.4 Å². The first kappa shape index (κ1) is 17.6. The molecule has 1 aliphatic carbocycles. The Balaban J connectivity index is 1.45. The van der Waals surface area contributed by atoms with Gasteiger partial charge in [0, 0.05) is 22.1 Å². The molecule has 5 rings (SSSR count). The van der Waals surface area contributed by atoms with Gasteiger partial charge in [-0.25, -0.2) is 4.39 Å². The Morgan fingerprint density at radius 1 is 0.966 bits per heavy atom. The molecule has 6 heteroatoms. The summed E-state index contributed by atoms with van der Waals surface area (Å²) in [6, 6.07) is 18.6. The van der Waals surface area contributed by atoms with Crippen LogP contribution in [0.2, 0.25) is 0 Å². The number of halogens is 1. The van der Waals surface area contributed by atoms with Gasteiger partial charge >= 0.3 is 0 Å². The van der Waals surface area contributed by atoms with Crippen molar-refractivity contribution < 1.29 is 19.0 Å². The van der Waals surface area contributed by atoms with Gasteiger partial charge in [-0.3, -0.25) is 9.48 Å². The van der Waals surface area contributed by atoms with Crippen LogP contribution in [0.4, 0.5) is 4.39 Å². The van der Waals surface area contributed by atoms with Crippen LogP contribution in [0.1, 0.15) is 15.9 Å². The first-order valence-electron chi connectivity index (χ1n) is 9.32. The van der Waals surface area contributed by atoms with Gasteiger partial charge in [0.2, 0.25) is 0 Å². The molecule has 0 bridgehead atoms. The molecule has 1 N–H and O–H groups in total. The number of ether oxygens (including phenoxy) is 1. The van der Waals surface area contributed by atoms with Gasteiger partial charge in [0.05, 0.1) is 12.1 Å². The van der Waals surface area contributed by atoms with Crippen LogP contribution in [0.3, 0.4) is 0 Å². The zero-order valence-corrected chi connectivity index (χ0v) is 15.4. The summed E-state index contributed by atoms with van der Waals surface area (Å²) in [6.07, 6.45) is -0.827. The number of hydrogen-bond acceptors (Lipinski definition) is 4. The third-order valence-electron chi connectivity index (χ3n) is 5.09. The van der Waals surface area contributed by atoms with Crippen molar-refractivity contribution >= 4 is 16.7 Å². The Morgan fingerprint density at radius 2 is 1.69 bits per heavy atom. The van der Waals surface area contributed by atoms with Crippen LogP contribution in [-0.2, 0) is 6.54 Å². The van der Waals surface area contributed by atoms with Gasteiger partial charge in [0.25, 0.3) is 0 Å². The molecule has 5 nitrogen and oxygen atoms in total. The van der Waals surface area contributed by atoms with E-state index in [1.54, 1.807) is 4.68 Å². The zero-order chi connectivity index (χ0) is 20.0. The van der Waals surface area contributed by atoms with Crippen molar-refractivity contribution in [3.8, 4) is 17.0 Å². The van der Waals surface area contributed by atoms with E-state index < -0.39 is 6.10 Å². The molecule has 1 aromatic heterocycles. The second kappa shape index (κ2) is 6.83. The molecule has 0 fully saturated rings. The fraction of sp³-hybridized carbons (Fsp3) is 0.130. The number of rotatable bonds is 5. The average Bonchev–Trinajstić information content (AvgIpc) is 3.11. The van der Waals surface area contributed by atoms with Crippen molar-refractivity contribution in [3.05, 3.63) is 83.7 Å². The van der Waals surface area contributed by atoms with Crippen molar-refractivity contribution in [2.75, 3.05) is 6.61 Å².